The number of phenolic OH excluding ortho intramolecular Hbond substituents is 1. The predicted molar refractivity (Wildman–Crippen MR) is 75.3 cm³/mol. The molecule has 0 spiro atoms. The number of aromatic nitrogens is 2. The minimum atomic E-state index is -0.783. The molecule has 8 nitrogen and oxygen atoms in total. The van der Waals surface area contributed by atoms with Gasteiger partial charge in [-0.3, -0.25) is 5.32 Å². The molecule has 1 unspecified atom stereocenters. The number of phenols is 1. The fraction of sp³-hybridized carbons (Fsp3) is 0.357. The van der Waals surface area contributed by atoms with Gasteiger partial charge in [-0.15, -0.1) is 0 Å². The maximum atomic E-state index is 11.9. The number of carbonyl (C=O) groups excluding carboxylic acids is 1. The third kappa shape index (κ3) is 3.53. The van der Waals surface area contributed by atoms with Gasteiger partial charge in [-0.1, -0.05) is 11.2 Å². The number of benzene rings is 1. The standard InChI is InChI=1S/C14H17N3O5/c1-8-16-12(22-17-8)7-15-13(14(19)21-3)9-4-5-11(20-2)10(18)6-9/h4-6,13,15,18H,7H2,1-3H3. The van der Waals surface area contributed by atoms with Crippen molar-refractivity contribution in [3.63, 3.8) is 0 Å². The van der Waals surface area contributed by atoms with Gasteiger partial charge in [0, 0.05) is 0 Å². The number of methoxy groups -OCH3 is 2. The zero-order valence-corrected chi connectivity index (χ0v) is 12.5. The van der Waals surface area contributed by atoms with E-state index in [9.17, 15) is 9.90 Å². The zero-order chi connectivity index (χ0) is 16.1. The molecule has 2 aromatic rings. The van der Waals surface area contributed by atoms with E-state index in [1.165, 1.54) is 20.3 Å². The molecule has 0 bridgehead atoms. The molecular formula is C14H17N3O5. The molecule has 0 saturated carbocycles. The van der Waals surface area contributed by atoms with Crippen LogP contribution < -0.4 is 10.1 Å². The van der Waals surface area contributed by atoms with Crippen molar-refractivity contribution in [1.82, 2.24) is 15.5 Å². The Morgan fingerprint density at radius 1 is 1.45 bits per heavy atom. The summed E-state index contributed by atoms with van der Waals surface area (Å²) in [6.07, 6.45) is 0. The van der Waals surface area contributed by atoms with E-state index in [0.29, 0.717) is 23.0 Å². The van der Waals surface area contributed by atoms with Gasteiger partial charge in [0.2, 0.25) is 5.89 Å². The molecule has 1 atom stereocenters. The highest BCUT2D eigenvalue weighted by Crippen LogP contribution is 2.29. The minimum absolute atomic E-state index is 0.0654. The second-order valence-corrected chi connectivity index (χ2v) is 4.50. The van der Waals surface area contributed by atoms with Crippen LogP contribution in [0.4, 0.5) is 0 Å². The summed E-state index contributed by atoms with van der Waals surface area (Å²) in [5, 5.41) is 16.5. The number of hydrogen-bond acceptors (Lipinski definition) is 8. The highest BCUT2D eigenvalue weighted by molar-refractivity contribution is 5.77. The van der Waals surface area contributed by atoms with Gasteiger partial charge < -0.3 is 19.1 Å². The van der Waals surface area contributed by atoms with E-state index in [1.807, 2.05) is 0 Å². The smallest absolute Gasteiger partial charge is 0.327 e. The highest BCUT2D eigenvalue weighted by atomic mass is 16.5. The van der Waals surface area contributed by atoms with Gasteiger partial charge in [0.1, 0.15) is 6.04 Å². The predicted octanol–water partition coefficient (Wildman–Crippen LogP) is 1.10. The summed E-state index contributed by atoms with van der Waals surface area (Å²) >= 11 is 0. The third-order valence-corrected chi connectivity index (χ3v) is 3.00. The molecule has 2 rings (SSSR count). The Hall–Kier alpha value is -2.61. The fourth-order valence-electron chi connectivity index (χ4n) is 1.94. The maximum Gasteiger partial charge on any atom is 0.327 e. The maximum absolute atomic E-state index is 11.9. The van der Waals surface area contributed by atoms with Crippen molar-refractivity contribution in [1.29, 1.82) is 0 Å². The second-order valence-electron chi connectivity index (χ2n) is 4.50. The van der Waals surface area contributed by atoms with Crippen molar-refractivity contribution in [2.24, 2.45) is 0 Å². The summed E-state index contributed by atoms with van der Waals surface area (Å²) in [5.41, 5.74) is 0.529. The Morgan fingerprint density at radius 2 is 2.23 bits per heavy atom. The average Bonchev–Trinajstić information content (AvgIpc) is 2.93. The largest absolute Gasteiger partial charge is 0.504 e. The van der Waals surface area contributed by atoms with Crippen LogP contribution in [0, 0.1) is 6.92 Å². The van der Waals surface area contributed by atoms with Gasteiger partial charge >= 0.3 is 5.97 Å². The Labute approximate surface area is 127 Å². The van der Waals surface area contributed by atoms with E-state index in [0.717, 1.165) is 0 Å². The number of aromatic hydroxyl groups is 1. The summed E-state index contributed by atoms with van der Waals surface area (Å²) in [6.45, 7) is 1.89. The number of ether oxygens (including phenoxy) is 2. The lowest BCUT2D eigenvalue weighted by molar-refractivity contribution is -0.143. The molecule has 0 radical (unpaired) electrons. The molecular weight excluding hydrogens is 290 g/mol. The molecule has 0 saturated heterocycles. The molecule has 1 aromatic heterocycles. The van der Waals surface area contributed by atoms with Crippen molar-refractivity contribution >= 4 is 5.97 Å². The minimum Gasteiger partial charge on any atom is -0.504 e. The van der Waals surface area contributed by atoms with Gasteiger partial charge in [0.25, 0.3) is 0 Å². The molecule has 8 heteroatoms. The lowest BCUT2D eigenvalue weighted by Gasteiger charge is -2.16. The first-order chi connectivity index (χ1) is 10.5. The molecule has 1 heterocycles. The number of nitrogens with zero attached hydrogens (tertiary/aromatic N) is 2. The van der Waals surface area contributed by atoms with Crippen LogP contribution in [0.15, 0.2) is 22.7 Å². The molecule has 118 valence electrons. The van der Waals surface area contributed by atoms with Crippen molar-refractivity contribution in [2.45, 2.75) is 19.5 Å². The first-order valence-electron chi connectivity index (χ1n) is 6.52. The van der Waals surface area contributed by atoms with Crippen LogP contribution >= 0.6 is 0 Å². The van der Waals surface area contributed by atoms with E-state index in [-0.39, 0.29) is 12.3 Å². The molecule has 0 amide bonds. The number of rotatable bonds is 6. The van der Waals surface area contributed by atoms with E-state index in [4.69, 9.17) is 14.0 Å². The van der Waals surface area contributed by atoms with Crippen molar-refractivity contribution in [2.75, 3.05) is 14.2 Å². The van der Waals surface area contributed by atoms with Gasteiger partial charge in [-0.25, -0.2) is 4.79 Å². The number of hydrogen-bond donors (Lipinski definition) is 2. The van der Waals surface area contributed by atoms with Gasteiger partial charge in [0.05, 0.1) is 20.8 Å². The summed E-state index contributed by atoms with van der Waals surface area (Å²) in [7, 11) is 2.74. The topological polar surface area (TPSA) is 107 Å². The first kappa shape index (κ1) is 15.8. The van der Waals surface area contributed by atoms with Crippen LogP contribution in [-0.4, -0.2) is 35.4 Å². The molecule has 0 fully saturated rings. The van der Waals surface area contributed by atoms with Crippen LogP contribution in [0.5, 0.6) is 11.5 Å². The van der Waals surface area contributed by atoms with Gasteiger partial charge in [-0.2, -0.15) is 4.98 Å². The lowest BCUT2D eigenvalue weighted by Crippen LogP contribution is -2.29. The summed E-state index contributed by atoms with van der Waals surface area (Å²) in [4.78, 5) is 16.0. The third-order valence-electron chi connectivity index (χ3n) is 3.00. The zero-order valence-electron chi connectivity index (χ0n) is 12.5. The number of nitrogens with one attached hydrogen (secondary N) is 1. The van der Waals surface area contributed by atoms with E-state index >= 15 is 0 Å². The number of carbonyl (C=O) groups is 1. The van der Waals surface area contributed by atoms with Crippen molar-refractivity contribution < 1.29 is 23.9 Å². The molecule has 22 heavy (non-hydrogen) atoms. The van der Waals surface area contributed by atoms with Gasteiger partial charge in [-0.05, 0) is 24.6 Å². The highest BCUT2D eigenvalue weighted by Gasteiger charge is 2.23. The van der Waals surface area contributed by atoms with E-state index in [2.05, 4.69) is 15.5 Å². The molecule has 0 aliphatic carbocycles. The van der Waals surface area contributed by atoms with Crippen LogP contribution in [0.1, 0.15) is 23.3 Å². The van der Waals surface area contributed by atoms with Crippen LogP contribution in [0.2, 0.25) is 0 Å². The summed E-state index contributed by atoms with van der Waals surface area (Å²) < 4.78 is 14.7. The Morgan fingerprint density at radius 3 is 2.77 bits per heavy atom. The Bertz CT molecular complexity index is 656. The lowest BCUT2D eigenvalue weighted by atomic mass is 10.1. The normalized spacial score (nSPS) is 12.0. The summed E-state index contributed by atoms with van der Waals surface area (Å²) in [6, 6.07) is 3.88. The number of aryl methyl sites for hydroxylation is 1. The van der Waals surface area contributed by atoms with Crippen molar-refractivity contribution in [3.05, 3.63) is 35.5 Å². The van der Waals surface area contributed by atoms with E-state index in [1.54, 1.807) is 19.1 Å². The molecule has 1 aromatic carbocycles. The molecule has 0 aliphatic heterocycles. The Kier molecular flexibility index (Phi) is 4.95. The molecule has 0 aliphatic rings. The quantitative estimate of drug-likeness (QED) is 0.764. The second kappa shape index (κ2) is 6.90. The Balaban J connectivity index is 2.18. The number of esters is 1. The van der Waals surface area contributed by atoms with Crippen LogP contribution in [0.3, 0.4) is 0 Å². The van der Waals surface area contributed by atoms with Crippen LogP contribution in [-0.2, 0) is 16.1 Å². The van der Waals surface area contributed by atoms with Crippen molar-refractivity contribution in [3.8, 4) is 11.5 Å². The van der Waals surface area contributed by atoms with Gasteiger partial charge in [0.15, 0.2) is 17.3 Å². The monoisotopic (exact) mass is 307 g/mol. The van der Waals surface area contributed by atoms with Crippen LogP contribution in [0.25, 0.3) is 0 Å². The van der Waals surface area contributed by atoms with E-state index < -0.39 is 12.0 Å². The SMILES string of the molecule is COC(=O)C(NCc1nc(C)no1)c1ccc(OC)c(O)c1. The average molecular weight is 307 g/mol. The molecule has 2 N–H and O–H groups in total. The first-order valence-corrected chi connectivity index (χ1v) is 6.52. The summed E-state index contributed by atoms with van der Waals surface area (Å²) in [5.74, 6) is 0.614. The fourth-order valence-corrected chi connectivity index (χ4v) is 1.94.